The van der Waals surface area contributed by atoms with Gasteiger partial charge in [-0.25, -0.2) is 8.42 Å². The minimum Gasteiger partial charge on any atom is -0.379 e. The number of hydrogen-bond acceptors (Lipinski definition) is 5. The predicted octanol–water partition coefficient (Wildman–Crippen LogP) is 2.72. The van der Waals surface area contributed by atoms with Crippen LogP contribution in [0, 0.1) is 0 Å². The fraction of sp³-hybridized carbons (Fsp3) is 0.409. The molecule has 1 aliphatic rings. The number of nitrogens with zero attached hydrogens (tertiary/aromatic N) is 1. The largest absolute Gasteiger partial charge is 0.379 e. The molecule has 1 amide bonds. The topological polar surface area (TPSA) is 87.7 Å². The van der Waals surface area contributed by atoms with Crippen LogP contribution in [0.4, 0.5) is 0 Å². The summed E-state index contributed by atoms with van der Waals surface area (Å²) < 4.78 is 33.8. The van der Waals surface area contributed by atoms with Crippen molar-refractivity contribution in [3.63, 3.8) is 0 Å². The number of sulfonamides is 1. The van der Waals surface area contributed by atoms with Crippen molar-refractivity contribution >= 4 is 39.1 Å². The molecule has 1 unspecified atom stereocenters. The Morgan fingerprint density at radius 3 is 2.53 bits per heavy atom. The van der Waals surface area contributed by atoms with Crippen LogP contribution in [0.1, 0.15) is 12.0 Å². The summed E-state index contributed by atoms with van der Waals surface area (Å²) in [5.74, 6) is -0.391. The fourth-order valence-corrected chi connectivity index (χ4v) is 5.39. The Bertz CT molecular complexity index is 999. The van der Waals surface area contributed by atoms with Gasteiger partial charge in [-0.3, -0.25) is 9.69 Å². The highest BCUT2D eigenvalue weighted by atomic mass is 35.5. The molecule has 3 rings (SSSR count). The number of benzene rings is 2. The molecule has 0 saturated carbocycles. The second kappa shape index (κ2) is 12.0. The molecule has 0 bridgehead atoms. The Morgan fingerprint density at radius 2 is 1.81 bits per heavy atom. The molecule has 7 nitrogen and oxygen atoms in total. The van der Waals surface area contributed by atoms with E-state index in [-0.39, 0.29) is 21.4 Å². The lowest BCUT2D eigenvalue weighted by atomic mass is 10.1. The lowest BCUT2D eigenvalue weighted by Gasteiger charge is -2.26. The Balaban J connectivity index is 1.67. The fourth-order valence-electron chi connectivity index (χ4n) is 3.43. The van der Waals surface area contributed by atoms with Crippen LogP contribution in [0.25, 0.3) is 0 Å². The summed E-state index contributed by atoms with van der Waals surface area (Å²) in [6.07, 6.45) is 0.963. The molecule has 0 aliphatic carbocycles. The molecule has 2 aromatic rings. The van der Waals surface area contributed by atoms with E-state index in [1.54, 1.807) is 0 Å². The summed E-state index contributed by atoms with van der Waals surface area (Å²) in [7, 11) is -4.07. The second-order valence-electron chi connectivity index (χ2n) is 7.54. The van der Waals surface area contributed by atoms with Crippen molar-refractivity contribution < 1.29 is 17.9 Å². The molecule has 0 spiro atoms. The first kappa shape index (κ1) is 25.0. The van der Waals surface area contributed by atoms with Gasteiger partial charge in [0.05, 0.1) is 18.2 Å². The number of halogens is 2. The van der Waals surface area contributed by atoms with Gasteiger partial charge in [0.2, 0.25) is 15.9 Å². The first-order valence-electron chi connectivity index (χ1n) is 10.4. The van der Waals surface area contributed by atoms with E-state index in [1.165, 1.54) is 18.2 Å². The standard InChI is InChI=1S/C22H27Cl2N3O4S/c23-18-7-8-19(24)21(16-18)32(29,30)26-20(15-17-5-2-1-3-6-17)22(28)25-9-4-10-27-11-13-31-14-12-27/h1-3,5-8,16,20,26H,4,9-15H2,(H,25,28). The Kier molecular flexibility index (Phi) is 9.34. The van der Waals surface area contributed by atoms with Crippen LogP contribution in [0.2, 0.25) is 10.0 Å². The molecule has 1 fully saturated rings. The molecule has 1 saturated heterocycles. The van der Waals surface area contributed by atoms with E-state index in [1.807, 2.05) is 30.3 Å². The van der Waals surface area contributed by atoms with Gasteiger partial charge in [-0.05, 0) is 43.1 Å². The number of ether oxygens (including phenoxy) is 1. The molecule has 1 atom stereocenters. The monoisotopic (exact) mass is 499 g/mol. The molecule has 0 aromatic heterocycles. The van der Waals surface area contributed by atoms with Gasteiger partial charge in [-0.2, -0.15) is 4.72 Å². The maximum absolute atomic E-state index is 13.0. The van der Waals surface area contributed by atoms with Gasteiger partial charge in [0.1, 0.15) is 10.9 Å². The zero-order valence-corrected chi connectivity index (χ0v) is 19.9. The zero-order chi connectivity index (χ0) is 23.0. The molecule has 1 heterocycles. The van der Waals surface area contributed by atoms with Crippen molar-refractivity contribution in [2.45, 2.75) is 23.8 Å². The van der Waals surface area contributed by atoms with Gasteiger partial charge < -0.3 is 10.1 Å². The van der Waals surface area contributed by atoms with E-state index in [4.69, 9.17) is 27.9 Å². The second-order valence-corrected chi connectivity index (χ2v) is 10.1. The van der Waals surface area contributed by atoms with Gasteiger partial charge in [0, 0.05) is 24.7 Å². The van der Waals surface area contributed by atoms with Gasteiger partial charge in [0.15, 0.2) is 0 Å². The zero-order valence-electron chi connectivity index (χ0n) is 17.6. The average molecular weight is 500 g/mol. The van der Waals surface area contributed by atoms with Gasteiger partial charge in [-0.15, -0.1) is 0 Å². The van der Waals surface area contributed by atoms with Crippen LogP contribution in [0.5, 0.6) is 0 Å². The molecule has 2 aromatic carbocycles. The van der Waals surface area contributed by atoms with Crippen molar-refractivity contribution in [1.82, 2.24) is 14.9 Å². The molecule has 2 N–H and O–H groups in total. The van der Waals surface area contributed by atoms with Crippen LogP contribution >= 0.6 is 23.2 Å². The van der Waals surface area contributed by atoms with Crippen LogP contribution in [0.3, 0.4) is 0 Å². The number of morpholine rings is 1. The molecule has 0 radical (unpaired) electrons. The molecular formula is C22H27Cl2N3O4S. The minimum atomic E-state index is -4.07. The first-order valence-corrected chi connectivity index (χ1v) is 12.7. The molecule has 32 heavy (non-hydrogen) atoms. The van der Waals surface area contributed by atoms with E-state index >= 15 is 0 Å². The Labute approximate surface area is 199 Å². The molecule has 174 valence electrons. The SMILES string of the molecule is O=C(NCCCN1CCOCC1)C(Cc1ccccc1)NS(=O)(=O)c1cc(Cl)ccc1Cl. The number of rotatable bonds is 10. The Hall–Kier alpha value is -1.68. The summed E-state index contributed by atoms with van der Waals surface area (Å²) in [5, 5.41) is 3.13. The maximum atomic E-state index is 13.0. The molecule has 1 aliphatic heterocycles. The maximum Gasteiger partial charge on any atom is 0.242 e. The summed E-state index contributed by atoms with van der Waals surface area (Å²) in [6.45, 7) is 4.49. The Morgan fingerprint density at radius 1 is 1.09 bits per heavy atom. The van der Waals surface area contributed by atoms with Crippen LogP contribution in [-0.4, -0.2) is 64.7 Å². The number of amides is 1. The highest BCUT2D eigenvalue weighted by Gasteiger charge is 2.27. The lowest BCUT2D eigenvalue weighted by Crippen LogP contribution is -2.48. The highest BCUT2D eigenvalue weighted by Crippen LogP contribution is 2.25. The number of carbonyl (C=O) groups excluding carboxylic acids is 1. The lowest BCUT2D eigenvalue weighted by molar-refractivity contribution is -0.122. The van der Waals surface area contributed by atoms with Crippen molar-refractivity contribution in [2.75, 3.05) is 39.4 Å². The quantitative estimate of drug-likeness (QED) is 0.490. The van der Waals surface area contributed by atoms with Crippen LogP contribution in [-0.2, 0) is 26.0 Å². The van der Waals surface area contributed by atoms with E-state index in [9.17, 15) is 13.2 Å². The van der Waals surface area contributed by atoms with Gasteiger partial charge in [-0.1, -0.05) is 53.5 Å². The molecule has 10 heteroatoms. The first-order chi connectivity index (χ1) is 15.3. The van der Waals surface area contributed by atoms with E-state index < -0.39 is 22.0 Å². The summed E-state index contributed by atoms with van der Waals surface area (Å²) >= 11 is 12.0. The van der Waals surface area contributed by atoms with E-state index in [0.29, 0.717) is 6.54 Å². The number of nitrogens with one attached hydrogen (secondary N) is 2. The smallest absolute Gasteiger partial charge is 0.242 e. The van der Waals surface area contributed by atoms with E-state index in [0.717, 1.165) is 44.8 Å². The van der Waals surface area contributed by atoms with Crippen LogP contribution < -0.4 is 10.0 Å². The predicted molar refractivity (Wildman–Crippen MR) is 126 cm³/mol. The summed E-state index contributed by atoms with van der Waals surface area (Å²) in [5.41, 5.74) is 0.834. The summed E-state index contributed by atoms with van der Waals surface area (Å²) in [6, 6.07) is 12.4. The minimum absolute atomic E-state index is 0.0336. The third kappa shape index (κ3) is 7.43. The van der Waals surface area contributed by atoms with E-state index in [2.05, 4.69) is 14.9 Å². The molecular weight excluding hydrogens is 473 g/mol. The van der Waals surface area contributed by atoms with Crippen molar-refractivity contribution in [3.8, 4) is 0 Å². The van der Waals surface area contributed by atoms with Crippen molar-refractivity contribution in [3.05, 3.63) is 64.1 Å². The van der Waals surface area contributed by atoms with Gasteiger partial charge in [0.25, 0.3) is 0 Å². The van der Waals surface area contributed by atoms with Crippen molar-refractivity contribution in [2.24, 2.45) is 0 Å². The number of hydrogen-bond donors (Lipinski definition) is 2. The third-order valence-electron chi connectivity index (χ3n) is 5.13. The van der Waals surface area contributed by atoms with Crippen molar-refractivity contribution in [1.29, 1.82) is 0 Å². The number of carbonyl (C=O) groups is 1. The summed E-state index contributed by atoms with van der Waals surface area (Å²) in [4.78, 5) is 15.0. The normalized spacial score (nSPS) is 15.9. The highest BCUT2D eigenvalue weighted by molar-refractivity contribution is 7.89. The van der Waals surface area contributed by atoms with Crippen LogP contribution in [0.15, 0.2) is 53.4 Å². The van der Waals surface area contributed by atoms with Gasteiger partial charge >= 0.3 is 0 Å². The average Bonchev–Trinajstić information content (AvgIpc) is 2.79. The third-order valence-corrected chi connectivity index (χ3v) is 7.32.